The van der Waals surface area contributed by atoms with E-state index >= 15 is 0 Å². The zero-order valence-electron chi connectivity index (χ0n) is 14.1. The zero-order chi connectivity index (χ0) is 16.0. The van der Waals surface area contributed by atoms with E-state index in [0.29, 0.717) is 25.9 Å². The first-order valence-corrected chi connectivity index (χ1v) is 8.31. The fourth-order valence-electron chi connectivity index (χ4n) is 1.77. The number of hydrogen-bond acceptors (Lipinski definition) is 4. The molecule has 1 heterocycles. The number of hydrogen-bond donors (Lipinski definition) is 0. The van der Waals surface area contributed by atoms with E-state index in [2.05, 4.69) is 12.1 Å². The SMILES string of the molecule is CC.CC(OCCCCOCc1ccccc1)OCC1CO1. The summed E-state index contributed by atoms with van der Waals surface area (Å²) in [7, 11) is 0. The highest BCUT2D eigenvalue weighted by atomic mass is 16.7. The van der Waals surface area contributed by atoms with Gasteiger partial charge < -0.3 is 18.9 Å². The Balaban J connectivity index is 0.00000116. The molecular weight excluding hydrogens is 280 g/mol. The van der Waals surface area contributed by atoms with Crippen molar-refractivity contribution in [3.8, 4) is 0 Å². The molecule has 0 aliphatic carbocycles. The third-order valence-corrected chi connectivity index (χ3v) is 3.07. The first kappa shape index (κ1) is 19.1. The second-order valence-electron chi connectivity index (χ2n) is 4.97. The van der Waals surface area contributed by atoms with Crippen LogP contribution in [-0.4, -0.2) is 38.8 Å². The summed E-state index contributed by atoms with van der Waals surface area (Å²) in [6.07, 6.45) is 2.14. The Morgan fingerprint density at radius 3 is 2.45 bits per heavy atom. The second kappa shape index (κ2) is 12.6. The van der Waals surface area contributed by atoms with Gasteiger partial charge in [0.2, 0.25) is 0 Å². The molecular formula is C18H30O4. The summed E-state index contributed by atoms with van der Waals surface area (Å²) in [5.41, 5.74) is 1.22. The molecule has 0 saturated carbocycles. The molecule has 4 nitrogen and oxygen atoms in total. The van der Waals surface area contributed by atoms with Crippen molar-refractivity contribution >= 4 is 0 Å². The van der Waals surface area contributed by atoms with Crippen LogP contribution in [0.3, 0.4) is 0 Å². The Kier molecular flexibility index (Phi) is 10.9. The Morgan fingerprint density at radius 2 is 1.77 bits per heavy atom. The minimum absolute atomic E-state index is 0.149. The van der Waals surface area contributed by atoms with Gasteiger partial charge in [-0.15, -0.1) is 0 Å². The lowest BCUT2D eigenvalue weighted by Crippen LogP contribution is -2.17. The summed E-state index contributed by atoms with van der Waals surface area (Å²) in [6.45, 7) is 9.55. The molecule has 0 amide bonds. The first-order valence-electron chi connectivity index (χ1n) is 8.31. The molecule has 0 N–H and O–H groups in total. The summed E-state index contributed by atoms with van der Waals surface area (Å²) < 4.78 is 21.7. The van der Waals surface area contributed by atoms with Crippen molar-refractivity contribution in [1.82, 2.24) is 0 Å². The molecule has 2 rings (SSSR count). The lowest BCUT2D eigenvalue weighted by atomic mass is 10.2. The molecule has 0 spiro atoms. The first-order chi connectivity index (χ1) is 10.8. The average Bonchev–Trinajstić information content (AvgIpc) is 3.39. The van der Waals surface area contributed by atoms with E-state index in [9.17, 15) is 0 Å². The van der Waals surface area contributed by atoms with E-state index in [1.165, 1.54) is 5.56 Å². The fraction of sp³-hybridized carbons (Fsp3) is 0.667. The van der Waals surface area contributed by atoms with Crippen LogP contribution in [0.15, 0.2) is 30.3 Å². The predicted octanol–water partition coefficient (Wildman–Crippen LogP) is 3.79. The van der Waals surface area contributed by atoms with E-state index in [-0.39, 0.29) is 6.29 Å². The Hall–Kier alpha value is -0.940. The normalized spacial score (nSPS) is 17.5. The molecule has 1 fully saturated rings. The minimum atomic E-state index is -0.149. The standard InChI is InChI=1S/C16H24O4.C2H6/c1-14(19-12-16-13-20-16)18-10-6-5-9-17-11-15-7-3-2-4-8-15;1-2/h2-4,7-8,14,16H,5-6,9-13H2,1H3;1-2H3. The molecule has 1 aliphatic rings. The number of ether oxygens (including phenoxy) is 4. The second-order valence-corrected chi connectivity index (χ2v) is 4.97. The van der Waals surface area contributed by atoms with Gasteiger partial charge in [0.15, 0.2) is 6.29 Å². The molecule has 2 unspecified atom stereocenters. The van der Waals surface area contributed by atoms with Gasteiger partial charge in [-0.25, -0.2) is 0 Å². The Morgan fingerprint density at radius 1 is 1.09 bits per heavy atom. The molecule has 1 saturated heterocycles. The van der Waals surface area contributed by atoms with E-state index in [1.807, 2.05) is 39.0 Å². The van der Waals surface area contributed by atoms with Crippen LogP contribution in [0.1, 0.15) is 39.2 Å². The number of unbranched alkanes of at least 4 members (excludes halogenated alkanes) is 1. The topological polar surface area (TPSA) is 40.2 Å². The third kappa shape index (κ3) is 9.90. The number of benzene rings is 1. The molecule has 0 aromatic heterocycles. The van der Waals surface area contributed by atoms with Gasteiger partial charge in [0.25, 0.3) is 0 Å². The van der Waals surface area contributed by atoms with Gasteiger partial charge in [-0.2, -0.15) is 0 Å². The van der Waals surface area contributed by atoms with Gasteiger partial charge in [-0.05, 0) is 25.3 Å². The highest BCUT2D eigenvalue weighted by molar-refractivity contribution is 5.13. The summed E-state index contributed by atoms with van der Waals surface area (Å²) in [5.74, 6) is 0. The van der Waals surface area contributed by atoms with Crippen molar-refractivity contribution < 1.29 is 18.9 Å². The van der Waals surface area contributed by atoms with Crippen LogP contribution in [0.5, 0.6) is 0 Å². The molecule has 4 heteroatoms. The van der Waals surface area contributed by atoms with Crippen molar-refractivity contribution in [2.75, 3.05) is 26.4 Å². The Labute approximate surface area is 134 Å². The fourth-order valence-corrected chi connectivity index (χ4v) is 1.77. The van der Waals surface area contributed by atoms with Crippen LogP contribution in [0, 0.1) is 0 Å². The summed E-state index contributed by atoms with van der Waals surface area (Å²) in [4.78, 5) is 0. The molecule has 2 atom stereocenters. The van der Waals surface area contributed by atoms with Crippen molar-refractivity contribution in [1.29, 1.82) is 0 Å². The van der Waals surface area contributed by atoms with Gasteiger partial charge in [-0.1, -0.05) is 44.2 Å². The van der Waals surface area contributed by atoms with Crippen LogP contribution in [0.2, 0.25) is 0 Å². The maximum atomic E-state index is 5.61. The lowest BCUT2D eigenvalue weighted by molar-refractivity contribution is -0.134. The van der Waals surface area contributed by atoms with Crippen molar-refractivity contribution in [3.63, 3.8) is 0 Å². The van der Waals surface area contributed by atoms with E-state index < -0.39 is 0 Å². The summed E-state index contributed by atoms with van der Waals surface area (Å²) >= 11 is 0. The average molecular weight is 310 g/mol. The largest absolute Gasteiger partial charge is 0.377 e. The smallest absolute Gasteiger partial charge is 0.154 e. The van der Waals surface area contributed by atoms with Crippen LogP contribution in [0.4, 0.5) is 0 Å². The quantitative estimate of drug-likeness (QED) is 0.354. The van der Waals surface area contributed by atoms with Gasteiger partial charge in [0.1, 0.15) is 6.10 Å². The molecule has 0 radical (unpaired) electrons. The molecule has 22 heavy (non-hydrogen) atoms. The summed E-state index contributed by atoms with van der Waals surface area (Å²) in [5, 5.41) is 0. The van der Waals surface area contributed by atoms with Crippen LogP contribution < -0.4 is 0 Å². The van der Waals surface area contributed by atoms with E-state index in [4.69, 9.17) is 18.9 Å². The maximum Gasteiger partial charge on any atom is 0.154 e. The van der Waals surface area contributed by atoms with Gasteiger partial charge >= 0.3 is 0 Å². The third-order valence-electron chi connectivity index (χ3n) is 3.07. The molecule has 1 aliphatic heterocycles. The molecule has 0 bridgehead atoms. The minimum Gasteiger partial charge on any atom is -0.377 e. The van der Waals surface area contributed by atoms with Crippen molar-refractivity contribution in [2.45, 2.75) is 52.6 Å². The van der Waals surface area contributed by atoms with Gasteiger partial charge in [0, 0.05) is 13.2 Å². The Bertz CT molecular complexity index is 351. The number of epoxide rings is 1. The van der Waals surface area contributed by atoms with Crippen molar-refractivity contribution in [2.24, 2.45) is 0 Å². The van der Waals surface area contributed by atoms with Crippen LogP contribution >= 0.6 is 0 Å². The highest BCUT2D eigenvalue weighted by Gasteiger charge is 2.23. The zero-order valence-corrected chi connectivity index (χ0v) is 14.1. The van der Waals surface area contributed by atoms with Crippen molar-refractivity contribution in [3.05, 3.63) is 35.9 Å². The van der Waals surface area contributed by atoms with Crippen LogP contribution in [0.25, 0.3) is 0 Å². The van der Waals surface area contributed by atoms with Gasteiger partial charge in [-0.3, -0.25) is 0 Å². The molecule has 1 aromatic carbocycles. The molecule has 126 valence electrons. The van der Waals surface area contributed by atoms with Gasteiger partial charge in [0.05, 0.1) is 19.8 Å². The monoisotopic (exact) mass is 310 g/mol. The molecule has 1 aromatic rings. The lowest BCUT2D eigenvalue weighted by Gasteiger charge is -2.13. The van der Waals surface area contributed by atoms with Crippen LogP contribution in [-0.2, 0) is 25.6 Å². The number of rotatable bonds is 11. The highest BCUT2D eigenvalue weighted by Crippen LogP contribution is 2.10. The maximum absolute atomic E-state index is 5.61. The predicted molar refractivity (Wildman–Crippen MR) is 87.8 cm³/mol. The summed E-state index contributed by atoms with van der Waals surface area (Å²) in [6, 6.07) is 10.2. The van der Waals surface area contributed by atoms with E-state index in [1.54, 1.807) is 0 Å². The van der Waals surface area contributed by atoms with E-state index in [0.717, 1.165) is 26.1 Å².